The lowest BCUT2D eigenvalue weighted by Gasteiger charge is -2.22. The van der Waals surface area contributed by atoms with E-state index in [1.54, 1.807) is 12.1 Å². The fourth-order valence-corrected chi connectivity index (χ4v) is 3.10. The van der Waals surface area contributed by atoms with E-state index in [1.807, 2.05) is 23.9 Å². The van der Waals surface area contributed by atoms with Crippen molar-refractivity contribution in [1.29, 1.82) is 5.26 Å². The predicted octanol–water partition coefficient (Wildman–Crippen LogP) is 2.25. The Morgan fingerprint density at radius 1 is 1.53 bits per heavy atom. The Morgan fingerprint density at radius 2 is 2.42 bits per heavy atom. The number of nitrogens with one attached hydrogen (secondary N) is 2. The number of nitrogens with zero attached hydrogens (tertiary/aromatic N) is 1. The first kappa shape index (κ1) is 13.8. The fourth-order valence-electron chi connectivity index (χ4n) is 2.02. The van der Waals surface area contributed by atoms with Crippen LogP contribution in [0, 0.1) is 11.3 Å². The van der Waals surface area contributed by atoms with Crippen LogP contribution in [0.2, 0.25) is 0 Å². The van der Waals surface area contributed by atoms with Crippen LogP contribution in [0.3, 0.4) is 0 Å². The van der Waals surface area contributed by atoms with Gasteiger partial charge in [-0.25, -0.2) is 4.79 Å². The molecule has 1 aliphatic rings. The van der Waals surface area contributed by atoms with Gasteiger partial charge in [0.2, 0.25) is 0 Å². The highest BCUT2D eigenvalue weighted by Gasteiger charge is 2.15. The molecule has 2 rings (SSSR count). The highest BCUT2D eigenvalue weighted by atomic mass is 32.2. The molecule has 100 valence electrons. The van der Waals surface area contributed by atoms with Crippen molar-refractivity contribution in [2.24, 2.45) is 0 Å². The first-order chi connectivity index (χ1) is 9.28. The largest absolute Gasteiger partial charge is 0.335 e. The minimum atomic E-state index is -0.130. The van der Waals surface area contributed by atoms with E-state index < -0.39 is 0 Å². The number of hydrogen-bond donors (Lipinski definition) is 2. The standard InChI is InChI=1S/C14H17N3OS/c15-8-11-3-1-4-12(7-11)9-16-14(18)17-13-5-2-6-19-10-13/h1,3-4,7,13H,2,5-6,9-10H2,(H2,16,17,18). The van der Waals surface area contributed by atoms with Gasteiger partial charge in [-0.1, -0.05) is 12.1 Å². The van der Waals surface area contributed by atoms with Crippen LogP contribution >= 0.6 is 11.8 Å². The monoisotopic (exact) mass is 275 g/mol. The molecular formula is C14H17N3OS. The summed E-state index contributed by atoms with van der Waals surface area (Å²) in [5.74, 6) is 2.19. The van der Waals surface area contributed by atoms with E-state index >= 15 is 0 Å². The average molecular weight is 275 g/mol. The molecule has 0 bridgehead atoms. The van der Waals surface area contributed by atoms with Crippen LogP contribution in [0.5, 0.6) is 0 Å². The van der Waals surface area contributed by atoms with E-state index in [9.17, 15) is 4.79 Å². The van der Waals surface area contributed by atoms with Gasteiger partial charge < -0.3 is 10.6 Å². The zero-order valence-corrected chi connectivity index (χ0v) is 11.5. The number of nitriles is 1. The van der Waals surface area contributed by atoms with E-state index in [4.69, 9.17) is 5.26 Å². The maximum Gasteiger partial charge on any atom is 0.315 e. The van der Waals surface area contributed by atoms with Crippen LogP contribution in [0.4, 0.5) is 4.79 Å². The van der Waals surface area contributed by atoms with Crippen molar-refractivity contribution >= 4 is 17.8 Å². The van der Waals surface area contributed by atoms with Gasteiger partial charge >= 0.3 is 6.03 Å². The smallest absolute Gasteiger partial charge is 0.315 e. The highest BCUT2D eigenvalue weighted by molar-refractivity contribution is 7.99. The Kier molecular flexibility index (Phi) is 5.10. The summed E-state index contributed by atoms with van der Waals surface area (Å²) in [6.45, 7) is 0.446. The molecule has 0 aliphatic carbocycles. The van der Waals surface area contributed by atoms with Gasteiger partial charge in [-0.3, -0.25) is 0 Å². The molecule has 1 atom stereocenters. The Balaban J connectivity index is 1.78. The van der Waals surface area contributed by atoms with Crippen LogP contribution in [-0.4, -0.2) is 23.6 Å². The van der Waals surface area contributed by atoms with Gasteiger partial charge in [0.25, 0.3) is 0 Å². The second-order valence-electron chi connectivity index (χ2n) is 4.55. The van der Waals surface area contributed by atoms with Gasteiger partial charge in [-0.05, 0) is 36.3 Å². The molecule has 0 aromatic heterocycles. The zero-order chi connectivity index (χ0) is 13.5. The molecule has 0 radical (unpaired) electrons. The van der Waals surface area contributed by atoms with Gasteiger partial charge in [-0.2, -0.15) is 17.0 Å². The van der Waals surface area contributed by atoms with Crippen LogP contribution in [0.1, 0.15) is 24.0 Å². The highest BCUT2D eigenvalue weighted by Crippen LogP contribution is 2.16. The molecule has 2 N–H and O–H groups in total. The summed E-state index contributed by atoms with van der Waals surface area (Å²) in [5.41, 5.74) is 1.55. The quantitative estimate of drug-likeness (QED) is 0.889. The van der Waals surface area contributed by atoms with Crippen molar-refractivity contribution in [3.8, 4) is 6.07 Å². The molecule has 1 aromatic rings. The molecule has 2 amide bonds. The average Bonchev–Trinajstić information content (AvgIpc) is 2.46. The second kappa shape index (κ2) is 7.05. The Hall–Kier alpha value is -1.67. The fraction of sp³-hybridized carbons (Fsp3) is 0.429. The topological polar surface area (TPSA) is 64.9 Å². The summed E-state index contributed by atoms with van der Waals surface area (Å²) in [5, 5.41) is 14.6. The van der Waals surface area contributed by atoms with E-state index in [-0.39, 0.29) is 12.1 Å². The lowest BCUT2D eigenvalue weighted by Crippen LogP contribution is -2.44. The zero-order valence-electron chi connectivity index (χ0n) is 10.7. The van der Waals surface area contributed by atoms with Crippen molar-refractivity contribution in [2.75, 3.05) is 11.5 Å². The number of hydrogen-bond acceptors (Lipinski definition) is 3. The Labute approximate surface area is 117 Å². The summed E-state index contributed by atoms with van der Waals surface area (Å²) >= 11 is 1.89. The maximum absolute atomic E-state index is 11.7. The molecule has 1 saturated heterocycles. The predicted molar refractivity (Wildman–Crippen MR) is 76.9 cm³/mol. The van der Waals surface area contributed by atoms with Crippen molar-refractivity contribution in [3.05, 3.63) is 35.4 Å². The lowest BCUT2D eigenvalue weighted by molar-refractivity contribution is 0.237. The lowest BCUT2D eigenvalue weighted by atomic mass is 10.1. The number of carbonyl (C=O) groups excluding carboxylic acids is 1. The molecular weight excluding hydrogens is 258 g/mol. The Bertz CT molecular complexity index is 478. The minimum absolute atomic E-state index is 0.130. The summed E-state index contributed by atoms with van der Waals surface area (Å²) < 4.78 is 0. The van der Waals surface area contributed by atoms with E-state index in [0.29, 0.717) is 12.1 Å². The number of rotatable bonds is 3. The molecule has 1 heterocycles. The molecule has 1 fully saturated rings. The molecule has 0 saturated carbocycles. The SMILES string of the molecule is N#Cc1cccc(CNC(=O)NC2CCCSC2)c1. The van der Waals surface area contributed by atoms with Crippen LogP contribution < -0.4 is 10.6 Å². The van der Waals surface area contributed by atoms with E-state index in [1.165, 1.54) is 12.2 Å². The van der Waals surface area contributed by atoms with Gasteiger partial charge in [0, 0.05) is 18.3 Å². The van der Waals surface area contributed by atoms with E-state index in [0.717, 1.165) is 17.7 Å². The summed E-state index contributed by atoms with van der Waals surface area (Å²) in [7, 11) is 0. The molecule has 1 unspecified atom stereocenters. The number of urea groups is 1. The van der Waals surface area contributed by atoms with Crippen molar-refractivity contribution < 1.29 is 4.79 Å². The minimum Gasteiger partial charge on any atom is -0.335 e. The van der Waals surface area contributed by atoms with Gasteiger partial charge in [0.15, 0.2) is 0 Å². The summed E-state index contributed by atoms with van der Waals surface area (Å²) in [6.07, 6.45) is 2.23. The third kappa shape index (κ3) is 4.49. The maximum atomic E-state index is 11.7. The molecule has 19 heavy (non-hydrogen) atoms. The van der Waals surface area contributed by atoms with Crippen molar-refractivity contribution in [2.45, 2.75) is 25.4 Å². The third-order valence-electron chi connectivity index (χ3n) is 3.00. The van der Waals surface area contributed by atoms with Gasteiger partial charge in [0.05, 0.1) is 11.6 Å². The first-order valence-electron chi connectivity index (χ1n) is 6.39. The summed E-state index contributed by atoms with van der Waals surface area (Å²) in [4.78, 5) is 11.7. The third-order valence-corrected chi connectivity index (χ3v) is 4.22. The molecule has 1 aliphatic heterocycles. The van der Waals surface area contributed by atoms with Crippen molar-refractivity contribution in [3.63, 3.8) is 0 Å². The van der Waals surface area contributed by atoms with Crippen LogP contribution in [-0.2, 0) is 6.54 Å². The van der Waals surface area contributed by atoms with Gasteiger partial charge in [0.1, 0.15) is 0 Å². The second-order valence-corrected chi connectivity index (χ2v) is 5.70. The van der Waals surface area contributed by atoms with Crippen LogP contribution in [0.25, 0.3) is 0 Å². The first-order valence-corrected chi connectivity index (χ1v) is 7.54. The number of amides is 2. The molecule has 0 spiro atoms. The van der Waals surface area contributed by atoms with E-state index in [2.05, 4.69) is 16.7 Å². The molecule has 1 aromatic carbocycles. The Morgan fingerprint density at radius 3 is 3.16 bits per heavy atom. The van der Waals surface area contributed by atoms with Crippen LogP contribution in [0.15, 0.2) is 24.3 Å². The van der Waals surface area contributed by atoms with Crippen molar-refractivity contribution in [1.82, 2.24) is 10.6 Å². The molecule has 5 heteroatoms. The summed E-state index contributed by atoms with van der Waals surface area (Å²) in [6, 6.07) is 9.51. The molecule has 4 nitrogen and oxygen atoms in total. The number of carbonyl (C=O) groups is 1. The number of benzene rings is 1. The van der Waals surface area contributed by atoms with Gasteiger partial charge in [-0.15, -0.1) is 0 Å². The number of thioether (sulfide) groups is 1. The normalized spacial score (nSPS) is 18.4.